The Kier molecular flexibility index (Phi) is 5.35. The van der Waals surface area contributed by atoms with Crippen LogP contribution in [-0.2, 0) is 16.6 Å². The lowest BCUT2D eigenvalue weighted by molar-refractivity contribution is -0.125. The number of esters is 1. The number of hydrogen-bond donors (Lipinski definition) is 1. The summed E-state index contributed by atoms with van der Waals surface area (Å²) < 4.78 is 6.24. The van der Waals surface area contributed by atoms with Crippen LogP contribution in [0, 0.1) is 5.92 Å². The van der Waals surface area contributed by atoms with E-state index >= 15 is 0 Å². The van der Waals surface area contributed by atoms with E-state index < -0.39 is 5.97 Å². The molecule has 1 N–H and O–H groups in total. The minimum Gasteiger partial charge on any atom is -0.451 e. The molecule has 0 radical (unpaired) electrons. The second-order valence-corrected chi connectivity index (χ2v) is 6.83. The highest BCUT2D eigenvalue weighted by Crippen LogP contribution is 2.23. The van der Waals surface area contributed by atoms with Crippen molar-refractivity contribution < 1.29 is 14.3 Å². The van der Waals surface area contributed by atoms with E-state index in [4.69, 9.17) is 4.74 Å². The standard InChI is InChI=1S/C19H23N3O4/c1-12-7-3-6-10-15(12)20-16(23)11-26-19(25)17-13-8-4-5-9-14(13)18(24)22(2)21-17/h4-5,8-9,12,15H,3,6-7,10-11H2,1-2H3,(H,20,23)/t12-,15+/m0/s1. The first-order valence-electron chi connectivity index (χ1n) is 8.90. The summed E-state index contributed by atoms with van der Waals surface area (Å²) in [6.45, 7) is 1.76. The van der Waals surface area contributed by atoms with Crippen molar-refractivity contribution >= 4 is 22.6 Å². The molecule has 0 unspecified atom stereocenters. The van der Waals surface area contributed by atoms with E-state index in [0.29, 0.717) is 16.7 Å². The Hall–Kier alpha value is -2.70. The molecule has 1 aliphatic carbocycles. The molecule has 3 rings (SSSR count). The molecule has 1 saturated carbocycles. The lowest BCUT2D eigenvalue weighted by Gasteiger charge is -2.29. The van der Waals surface area contributed by atoms with Gasteiger partial charge in [0.05, 0.1) is 5.39 Å². The summed E-state index contributed by atoms with van der Waals surface area (Å²) in [4.78, 5) is 36.6. The number of hydrogen-bond acceptors (Lipinski definition) is 5. The van der Waals surface area contributed by atoms with Crippen molar-refractivity contribution in [2.45, 2.75) is 38.6 Å². The molecular weight excluding hydrogens is 334 g/mol. The van der Waals surface area contributed by atoms with Gasteiger partial charge in [-0.15, -0.1) is 0 Å². The number of ether oxygens (including phenoxy) is 1. The van der Waals surface area contributed by atoms with Crippen LogP contribution in [0.4, 0.5) is 0 Å². The first-order chi connectivity index (χ1) is 12.5. The monoisotopic (exact) mass is 357 g/mol. The topological polar surface area (TPSA) is 90.3 Å². The highest BCUT2D eigenvalue weighted by atomic mass is 16.5. The van der Waals surface area contributed by atoms with Gasteiger partial charge < -0.3 is 10.1 Å². The summed E-state index contributed by atoms with van der Waals surface area (Å²) in [6.07, 6.45) is 4.34. The Morgan fingerprint density at radius 3 is 2.65 bits per heavy atom. The molecule has 0 spiro atoms. The smallest absolute Gasteiger partial charge is 0.359 e. The summed E-state index contributed by atoms with van der Waals surface area (Å²) in [5.74, 6) is -0.604. The molecule has 1 aromatic heterocycles. The van der Waals surface area contributed by atoms with E-state index in [1.807, 2.05) is 0 Å². The van der Waals surface area contributed by atoms with Gasteiger partial charge in [-0.25, -0.2) is 9.48 Å². The fourth-order valence-electron chi connectivity index (χ4n) is 3.43. The van der Waals surface area contributed by atoms with E-state index in [2.05, 4.69) is 17.3 Å². The number of benzene rings is 1. The Morgan fingerprint density at radius 2 is 1.92 bits per heavy atom. The highest BCUT2D eigenvalue weighted by Gasteiger charge is 2.24. The van der Waals surface area contributed by atoms with Crippen molar-refractivity contribution in [3.05, 3.63) is 40.3 Å². The number of nitrogens with one attached hydrogen (secondary N) is 1. The maximum absolute atomic E-state index is 12.4. The Labute approximate surface area is 151 Å². The van der Waals surface area contributed by atoms with Crippen LogP contribution in [0.3, 0.4) is 0 Å². The van der Waals surface area contributed by atoms with Gasteiger partial charge in [-0.3, -0.25) is 9.59 Å². The van der Waals surface area contributed by atoms with Gasteiger partial charge in [-0.1, -0.05) is 38.0 Å². The molecule has 1 heterocycles. The Balaban J connectivity index is 1.69. The van der Waals surface area contributed by atoms with Crippen LogP contribution >= 0.6 is 0 Å². The maximum atomic E-state index is 12.4. The molecule has 1 amide bonds. The second-order valence-electron chi connectivity index (χ2n) is 6.83. The molecule has 0 saturated heterocycles. The van der Waals surface area contributed by atoms with E-state index in [1.54, 1.807) is 24.3 Å². The van der Waals surface area contributed by atoms with Crippen molar-refractivity contribution in [1.29, 1.82) is 0 Å². The number of aromatic nitrogens is 2. The molecule has 1 aromatic carbocycles. The lowest BCUT2D eigenvalue weighted by atomic mass is 9.86. The number of carbonyl (C=O) groups excluding carboxylic acids is 2. The zero-order valence-corrected chi connectivity index (χ0v) is 15.0. The molecule has 0 bridgehead atoms. The molecule has 1 fully saturated rings. The van der Waals surface area contributed by atoms with Crippen molar-refractivity contribution in [1.82, 2.24) is 15.1 Å². The van der Waals surface area contributed by atoms with Gasteiger partial charge >= 0.3 is 5.97 Å². The third-order valence-corrected chi connectivity index (χ3v) is 4.94. The lowest BCUT2D eigenvalue weighted by Crippen LogP contribution is -2.43. The highest BCUT2D eigenvalue weighted by molar-refractivity contribution is 6.02. The number of amides is 1. The minimum absolute atomic E-state index is 0.0292. The SMILES string of the molecule is C[C@H]1CCCC[C@H]1NC(=O)COC(=O)c1nn(C)c(=O)c2ccccc12. The predicted octanol–water partition coefficient (Wildman–Crippen LogP) is 1.79. The van der Waals surface area contributed by atoms with Crippen LogP contribution in [0.5, 0.6) is 0 Å². The third kappa shape index (κ3) is 3.76. The molecule has 138 valence electrons. The fourth-order valence-corrected chi connectivity index (χ4v) is 3.43. The number of rotatable bonds is 4. The maximum Gasteiger partial charge on any atom is 0.359 e. The van der Waals surface area contributed by atoms with Crippen LogP contribution < -0.4 is 10.9 Å². The first-order valence-corrected chi connectivity index (χ1v) is 8.90. The molecule has 2 atom stereocenters. The fraction of sp³-hybridized carbons (Fsp3) is 0.474. The van der Waals surface area contributed by atoms with E-state index in [9.17, 15) is 14.4 Å². The summed E-state index contributed by atoms with van der Waals surface area (Å²) in [6, 6.07) is 6.85. The molecule has 2 aromatic rings. The van der Waals surface area contributed by atoms with Gasteiger partial charge in [-0.2, -0.15) is 5.10 Å². The van der Waals surface area contributed by atoms with Gasteiger partial charge in [0.1, 0.15) is 0 Å². The number of aryl methyl sites for hydroxylation is 1. The number of nitrogens with zero attached hydrogens (tertiary/aromatic N) is 2. The van der Waals surface area contributed by atoms with Gasteiger partial charge in [0.2, 0.25) is 0 Å². The molecule has 7 nitrogen and oxygen atoms in total. The van der Waals surface area contributed by atoms with Crippen LogP contribution in [0.1, 0.15) is 43.1 Å². The van der Waals surface area contributed by atoms with Gasteiger partial charge in [0.15, 0.2) is 12.3 Å². The van der Waals surface area contributed by atoms with Crippen LogP contribution in [0.25, 0.3) is 10.8 Å². The van der Waals surface area contributed by atoms with Crippen molar-refractivity contribution in [3.63, 3.8) is 0 Å². The van der Waals surface area contributed by atoms with Crippen molar-refractivity contribution in [2.24, 2.45) is 13.0 Å². The van der Waals surface area contributed by atoms with Gasteiger partial charge in [-0.05, 0) is 24.8 Å². The zero-order chi connectivity index (χ0) is 18.7. The third-order valence-electron chi connectivity index (χ3n) is 4.94. The van der Waals surface area contributed by atoms with E-state index in [1.165, 1.54) is 13.5 Å². The average molecular weight is 357 g/mol. The van der Waals surface area contributed by atoms with Crippen molar-refractivity contribution in [2.75, 3.05) is 6.61 Å². The van der Waals surface area contributed by atoms with E-state index in [0.717, 1.165) is 23.9 Å². The largest absolute Gasteiger partial charge is 0.451 e. The van der Waals surface area contributed by atoms with Crippen LogP contribution in [0.2, 0.25) is 0 Å². The summed E-state index contributed by atoms with van der Waals surface area (Å²) in [7, 11) is 1.47. The van der Waals surface area contributed by atoms with Gasteiger partial charge in [0, 0.05) is 18.5 Å². The summed E-state index contributed by atoms with van der Waals surface area (Å²) >= 11 is 0. The zero-order valence-electron chi connectivity index (χ0n) is 15.0. The first kappa shape index (κ1) is 18.1. The molecule has 7 heteroatoms. The predicted molar refractivity (Wildman–Crippen MR) is 96.8 cm³/mol. The average Bonchev–Trinajstić information content (AvgIpc) is 2.64. The van der Waals surface area contributed by atoms with E-state index in [-0.39, 0.29) is 29.8 Å². The van der Waals surface area contributed by atoms with Crippen molar-refractivity contribution in [3.8, 4) is 0 Å². The van der Waals surface area contributed by atoms with Gasteiger partial charge in [0.25, 0.3) is 11.5 Å². The van der Waals surface area contributed by atoms with Crippen LogP contribution in [-0.4, -0.2) is 34.3 Å². The Morgan fingerprint density at radius 1 is 1.23 bits per heavy atom. The number of carbonyl (C=O) groups is 2. The molecule has 26 heavy (non-hydrogen) atoms. The van der Waals surface area contributed by atoms with Crippen LogP contribution in [0.15, 0.2) is 29.1 Å². The minimum atomic E-state index is -0.719. The number of fused-ring (bicyclic) bond motifs is 1. The summed E-state index contributed by atoms with van der Waals surface area (Å²) in [5.41, 5.74) is -0.261. The Bertz CT molecular complexity index is 890. The second kappa shape index (κ2) is 7.68. The molecule has 0 aliphatic heterocycles. The quantitative estimate of drug-likeness (QED) is 0.843. The summed E-state index contributed by atoms with van der Waals surface area (Å²) in [5, 5.41) is 7.75. The molecular formula is C19H23N3O4. The molecule has 1 aliphatic rings. The normalized spacial score (nSPS) is 19.9.